The second-order valence-electron chi connectivity index (χ2n) is 6.07. The van der Waals surface area contributed by atoms with Gasteiger partial charge in [0.05, 0.1) is 17.3 Å². The first kappa shape index (κ1) is 21.9. The molecule has 0 aliphatic heterocycles. The van der Waals surface area contributed by atoms with E-state index in [4.69, 9.17) is 44.3 Å². The van der Waals surface area contributed by atoms with Gasteiger partial charge in [0.25, 0.3) is 0 Å². The van der Waals surface area contributed by atoms with E-state index in [1.165, 1.54) is 0 Å². The van der Waals surface area contributed by atoms with Crippen molar-refractivity contribution in [1.82, 2.24) is 4.98 Å². The monoisotopic (exact) mass is 460 g/mol. The Balaban J connectivity index is 2.16. The quantitative estimate of drug-likeness (QED) is 0.409. The molecule has 8 heteroatoms. The fourth-order valence-electron chi connectivity index (χ4n) is 2.75. The minimum absolute atomic E-state index is 0.00397. The second-order valence-corrected chi connectivity index (χ2v) is 7.35. The molecule has 152 valence electrons. The number of ether oxygens (including phenoxy) is 2. The van der Waals surface area contributed by atoms with Gasteiger partial charge in [0.2, 0.25) is 5.88 Å². The molecule has 0 spiro atoms. The largest absolute Gasteiger partial charge is 0.465 e. The normalized spacial score (nSPS) is 10.4. The minimum atomic E-state index is -0.559. The van der Waals surface area contributed by atoms with Crippen LogP contribution < -0.4 is 4.74 Å². The molecule has 30 heavy (non-hydrogen) atoms. The van der Waals surface area contributed by atoms with E-state index in [-0.39, 0.29) is 24.7 Å². The summed E-state index contributed by atoms with van der Waals surface area (Å²) in [6.45, 7) is 1.55. The Bertz CT molecular complexity index is 1130. The first-order valence-corrected chi connectivity index (χ1v) is 10.0. The second kappa shape index (κ2) is 9.82. The zero-order valence-corrected chi connectivity index (χ0v) is 18.1. The van der Waals surface area contributed by atoms with Gasteiger partial charge in [0.15, 0.2) is 6.61 Å². The molecule has 0 aliphatic carbocycles. The van der Waals surface area contributed by atoms with Crippen LogP contribution in [-0.4, -0.2) is 24.2 Å². The maximum Gasteiger partial charge on any atom is 0.344 e. The Kier molecular flexibility index (Phi) is 7.17. The maximum absolute atomic E-state index is 11.7. The molecule has 0 radical (unpaired) electrons. The third kappa shape index (κ3) is 5.03. The van der Waals surface area contributed by atoms with Crippen molar-refractivity contribution in [1.29, 1.82) is 5.26 Å². The van der Waals surface area contributed by atoms with Crippen LogP contribution >= 0.6 is 34.8 Å². The Morgan fingerprint density at radius 1 is 1.03 bits per heavy atom. The lowest BCUT2D eigenvalue weighted by molar-refractivity contribution is -0.145. The van der Waals surface area contributed by atoms with Gasteiger partial charge >= 0.3 is 5.97 Å². The summed E-state index contributed by atoms with van der Waals surface area (Å²) in [5.74, 6) is -0.555. The molecule has 0 N–H and O–H groups in total. The molecule has 3 rings (SSSR count). The smallest absolute Gasteiger partial charge is 0.344 e. The van der Waals surface area contributed by atoms with Gasteiger partial charge in [-0.2, -0.15) is 5.26 Å². The van der Waals surface area contributed by atoms with Crippen molar-refractivity contribution in [3.05, 3.63) is 69.2 Å². The van der Waals surface area contributed by atoms with Crippen molar-refractivity contribution < 1.29 is 14.3 Å². The fraction of sp³-hybridized carbons (Fsp3) is 0.136. The SMILES string of the molecule is CCOC(=O)COc1nc(-c2ccc(Cl)cc2Cl)c(-c2ccc(Cl)cc2)cc1C#N. The van der Waals surface area contributed by atoms with Crippen LogP contribution in [0, 0.1) is 11.3 Å². The number of carbonyl (C=O) groups is 1. The van der Waals surface area contributed by atoms with Crippen LogP contribution in [0.5, 0.6) is 5.88 Å². The number of hydrogen-bond donors (Lipinski definition) is 0. The average Bonchev–Trinajstić information content (AvgIpc) is 2.73. The summed E-state index contributed by atoms with van der Waals surface area (Å²) in [5, 5.41) is 11.0. The number of rotatable bonds is 6. The lowest BCUT2D eigenvalue weighted by Crippen LogP contribution is -2.16. The van der Waals surface area contributed by atoms with Crippen molar-refractivity contribution in [2.24, 2.45) is 0 Å². The number of carbonyl (C=O) groups excluding carboxylic acids is 1. The highest BCUT2D eigenvalue weighted by Crippen LogP contribution is 2.38. The fourth-order valence-corrected chi connectivity index (χ4v) is 3.38. The lowest BCUT2D eigenvalue weighted by atomic mass is 9.97. The summed E-state index contributed by atoms with van der Waals surface area (Å²) in [6, 6.07) is 15.8. The summed E-state index contributed by atoms with van der Waals surface area (Å²) in [7, 11) is 0. The molecule has 2 aromatic carbocycles. The van der Waals surface area contributed by atoms with Crippen molar-refractivity contribution in [3.63, 3.8) is 0 Å². The van der Waals surface area contributed by atoms with Crippen LogP contribution in [0.15, 0.2) is 48.5 Å². The van der Waals surface area contributed by atoms with E-state index in [0.717, 1.165) is 5.56 Å². The number of halogens is 3. The van der Waals surface area contributed by atoms with Crippen LogP contribution in [0.2, 0.25) is 15.1 Å². The van der Waals surface area contributed by atoms with E-state index >= 15 is 0 Å². The Labute approximate surface area is 188 Å². The molecule has 0 unspecified atom stereocenters. The highest BCUT2D eigenvalue weighted by atomic mass is 35.5. The standard InChI is InChI=1S/C22H15Cl3N2O3/c1-2-29-20(28)12-30-22-14(11-26)9-18(13-3-5-15(23)6-4-13)21(27-22)17-8-7-16(24)10-19(17)25/h3-10H,2,12H2,1H3. The Morgan fingerprint density at radius 3 is 2.37 bits per heavy atom. The first-order valence-electron chi connectivity index (χ1n) is 8.87. The molecule has 5 nitrogen and oxygen atoms in total. The van der Waals surface area contributed by atoms with E-state index in [0.29, 0.717) is 31.9 Å². The summed E-state index contributed by atoms with van der Waals surface area (Å²) in [6.07, 6.45) is 0. The molecule has 0 fully saturated rings. The van der Waals surface area contributed by atoms with Gasteiger partial charge in [0.1, 0.15) is 11.6 Å². The number of nitrogens with zero attached hydrogens (tertiary/aromatic N) is 2. The Morgan fingerprint density at radius 2 is 1.73 bits per heavy atom. The molecule has 0 saturated heterocycles. The van der Waals surface area contributed by atoms with Gasteiger partial charge in [-0.15, -0.1) is 0 Å². The molecular weight excluding hydrogens is 447 g/mol. The molecule has 0 atom stereocenters. The molecule has 3 aromatic rings. The van der Waals surface area contributed by atoms with Crippen LogP contribution in [0.4, 0.5) is 0 Å². The van der Waals surface area contributed by atoms with Gasteiger partial charge in [-0.3, -0.25) is 0 Å². The number of hydrogen-bond acceptors (Lipinski definition) is 5. The van der Waals surface area contributed by atoms with Gasteiger partial charge in [-0.05, 0) is 48.9 Å². The summed E-state index contributed by atoms with van der Waals surface area (Å²) in [5.41, 5.74) is 2.66. The third-order valence-electron chi connectivity index (χ3n) is 4.08. The molecule has 0 bridgehead atoms. The van der Waals surface area contributed by atoms with Gasteiger partial charge in [-0.1, -0.05) is 46.9 Å². The highest BCUT2D eigenvalue weighted by molar-refractivity contribution is 6.36. The zero-order chi connectivity index (χ0) is 21.7. The van der Waals surface area contributed by atoms with Gasteiger partial charge in [0, 0.05) is 21.2 Å². The molecule has 0 saturated carbocycles. The molecule has 1 heterocycles. The van der Waals surface area contributed by atoms with Crippen LogP contribution in [0.1, 0.15) is 12.5 Å². The van der Waals surface area contributed by atoms with Crippen LogP contribution in [0.25, 0.3) is 22.4 Å². The van der Waals surface area contributed by atoms with Crippen molar-refractivity contribution in [2.75, 3.05) is 13.2 Å². The predicted octanol–water partition coefficient (Wildman–Crippen LogP) is 6.19. The molecule has 1 aromatic heterocycles. The number of nitriles is 1. The van der Waals surface area contributed by atoms with Gasteiger partial charge in [-0.25, -0.2) is 9.78 Å². The number of benzene rings is 2. The van der Waals surface area contributed by atoms with E-state index < -0.39 is 5.97 Å². The molecular formula is C22H15Cl3N2O3. The van der Waals surface area contributed by atoms with Crippen molar-refractivity contribution in [3.8, 4) is 34.3 Å². The first-order chi connectivity index (χ1) is 14.4. The lowest BCUT2D eigenvalue weighted by Gasteiger charge is -2.15. The number of aromatic nitrogens is 1. The van der Waals surface area contributed by atoms with Crippen molar-refractivity contribution >= 4 is 40.8 Å². The van der Waals surface area contributed by atoms with E-state index in [1.807, 2.05) is 12.1 Å². The van der Waals surface area contributed by atoms with E-state index in [9.17, 15) is 10.1 Å². The number of pyridine rings is 1. The molecule has 0 aliphatic rings. The summed E-state index contributed by atoms with van der Waals surface area (Å²) in [4.78, 5) is 16.2. The third-order valence-corrected chi connectivity index (χ3v) is 4.88. The summed E-state index contributed by atoms with van der Waals surface area (Å²) >= 11 is 18.5. The topological polar surface area (TPSA) is 72.2 Å². The van der Waals surface area contributed by atoms with E-state index in [2.05, 4.69) is 11.1 Å². The zero-order valence-electron chi connectivity index (χ0n) is 15.8. The maximum atomic E-state index is 11.7. The highest BCUT2D eigenvalue weighted by Gasteiger charge is 2.19. The van der Waals surface area contributed by atoms with E-state index in [1.54, 1.807) is 43.3 Å². The Hall–Kier alpha value is -2.78. The average molecular weight is 462 g/mol. The van der Waals surface area contributed by atoms with Crippen LogP contribution in [-0.2, 0) is 9.53 Å². The van der Waals surface area contributed by atoms with Crippen molar-refractivity contribution in [2.45, 2.75) is 6.92 Å². The van der Waals surface area contributed by atoms with Crippen LogP contribution in [0.3, 0.4) is 0 Å². The number of esters is 1. The summed E-state index contributed by atoms with van der Waals surface area (Å²) < 4.78 is 10.3. The predicted molar refractivity (Wildman–Crippen MR) is 117 cm³/mol. The molecule has 0 amide bonds. The van der Waals surface area contributed by atoms with Gasteiger partial charge < -0.3 is 9.47 Å². The minimum Gasteiger partial charge on any atom is -0.465 e.